The maximum Gasteiger partial charge on any atom is 0.332 e. The summed E-state index contributed by atoms with van der Waals surface area (Å²) in [7, 11) is 2.83. The third-order valence-corrected chi connectivity index (χ3v) is 2.92. The zero-order chi connectivity index (χ0) is 14.9. The maximum atomic E-state index is 12.8. The number of nitrogens with two attached hydrogens (primary N) is 1. The van der Waals surface area contributed by atoms with Crippen molar-refractivity contribution in [3.63, 3.8) is 0 Å². The average Bonchev–Trinajstić information content (AvgIpc) is 2.45. The Kier molecular flexibility index (Phi) is 3.51. The lowest BCUT2D eigenvalue weighted by atomic mass is 10.3. The van der Waals surface area contributed by atoms with Crippen molar-refractivity contribution >= 4 is 17.7 Å². The lowest BCUT2D eigenvalue weighted by molar-refractivity contribution is 0.628. The smallest absolute Gasteiger partial charge is 0.332 e. The highest BCUT2D eigenvalue weighted by atomic mass is 19.1. The highest BCUT2D eigenvalue weighted by molar-refractivity contribution is 5.86. The van der Waals surface area contributed by atoms with Gasteiger partial charge in [-0.25, -0.2) is 9.18 Å². The molecule has 0 amide bonds. The third-order valence-electron chi connectivity index (χ3n) is 2.92. The molecule has 0 saturated heterocycles. The molecule has 0 aliphatic heterocycles. The largest absolute Gasteiger partial charge is 0.384 e. The number of halogens is 1. The van der Waals surface area contributed by atoms with Gasteiger partial charge in [0.1, 0.15) is 11.6 Å². The van der Waals surface area contributed by atoms with E-state index in [0.29, 0.717) is 5.69 Å². The summed E-state index contributed by atoms with van der Waals surface area (Å²) in [5, 5.41) is 0. The quantitative estimate of drug-likeness (QED) is 0.813. The summed E-state index contributed by atoms with van der Waals surface area (Å²) in [5.74, 6) is -0.342. The van der Waals surface area contributed by atoms with Crippen molar-refractivity contribution in [2.24, 2.45) is 19.1 Å². The molecular formula is C13H13FN4O2. The number of benzene rings is 1. The molecule has 1 aromatic carbocycles. The minimum atomic E-state index is -0.531. The fourth-order valence-electron chi connectivity index (χ4n) is 1.67. The van der Waals surface area contributed by atoms with Crippen molar-refractivity contribution in [2.45, 2.75) is 0 Å². The van der Waals surface area contributed by atoms with Gasteiger partial charge in [0.2, 0.25) is 0 Å². The van der Waals surface area contributed by atoms with Gasteiger partial charge < -0.3 is 5.73 Å². The Morgan fingerprint density at radius 2 is 1.75 bits per heavy atom. The summed E-state index contributed by atoms with van der Waals surface area (Å²) in [4.78, 5) is 27.6. The molecule has 0 bridgehead atoms. The second-order valence-corrected chi connectivity index (χ2v) is 4.24. The number of aliphatic imine (C=N–C) groups is 1. The summed E-state index contributed by atoms with van der Waals surface area (Å²) >= 11 is 0. The second kappa shape index (κ2) is 5.12. The molecule has 2 aromatic rings. The predicted molar refractivity (Wildman–Crippen MR) is 75.0 cm³/mol. The van der Waals surface area contributed by atoms with Gasteiger partial charge in [-0.15, -0.1) is 0 Å². The second-order valence-electron chi connectivity index (χ2n) is 4.24. The summed E-state index contributed by atoms with van der Waals surface area (Å²) in [6.45, 7) is 0. The standard InChI is InChI=1S/C13H13FN4O2/c1-17-11(15)10(12(19)18(2)13(17)20)7-16-9-5-3-8(14)4-6-9/h3-7H,15H2,1-2H3. The normalized spacial score (nSPS) is 11.2. The Labute approximate surface area is 113 Å². The van der Waals surface area contributed by atoms with Crippen molar-refractivity contribution in [2.75, 3.05) is 5.73 Å². The molecule has 2 rings (SSSR count). The number of hydrogen-bond acceptors (Lipinski definition) is 4. The Morgan fingerprint density at radius 3 is 2.35 bits per heavy atom. The molecule has 0 atom stereocenters. The van der Waals surface area contributed by atoms with Crippen LogP contribution in [0.15, 0.2) is 38.8 Å². The molecule has 7 heteroatoms. The fourth-order valence-corrected chi connectivity index (χ4v) is 1.67. The fraction of sp³-hybridized carbons (Fsp3) is 0.154. The minimum Gasteiger partial charge on any atom is -0.384 e. The van der Waals surface area contributed by atoms with Gasteiger partial charge in [0, 0.05) is 20.3 Å². The van der Waals surface area contributed by atoms with Crippen LogP contribution in [0.5, 0.6) is 0 Å². The average molecular weight is 276 g/mol. The van der Waals surface area contributed by atoms with E-state index in [1.165, 1.54) is 44.6 Å². The van der Waals surface area contributed by atoms with Crippen LogP contribution in [0.1, 0.15) is 5.56 Å². The van der Waals surface area contributed by atoms with E-state index in [-0.39, 0.29) is 17.2 Å². The minimum absolute atomic E-state index is 0.0314. The summed E-state index contributed by atoms with van der Waals surface area (Å²) in [6, 6.07) is 5.45. The molecule has 20 heavy (non-hydrogen) atoms. The molecule has 0 aliphatic rings. The molecule has 0 aliphatic carbocycles. The van der Waals surface area contributed by atoms with Crippen molar-refractivity contribution in [1.82, 2.24) is 9.13 Å². The van der Waals surface area contributed by atoms with Gasteiger partial charge in [-0.3, -0.25) is 18.9 Å². The number of hydrogen-bond donors (Lipinski definition) is 1. The van der Waals surface area contributed by atoms with Gasteiger partial charge in [0.25, 0.3) is 5.56 Å². The zero-order valence-electron chi connectivity index (χ0n) is 11.0. The predicted octanol–water partition coefficient (Wildman–Crippen LogP) is 0.556. The molecule has 0 radical (unpaired) electrons. The number of anilines is 1. The van der Waals surface area contributed by atoms with Crippen LogP contribution in [-0.2, 0) is 14.1 Å². The van der Waals surface area contributed by atoms with Crippen LogP contribution in [0.2, 0.25) is 0 Å². The van der Waals surface area contributed by atoms with Crippen LogP contribution < -0.4 is 17.0 Å². The van der Waals surface area contributed by atoms with Gasteiger partial charge in [0.15, 0.2) is 0 Å². The van der Waals surface area contributed by atoms with E-state index in [1.54, 1.807) is 0 Å². The first-order valence-corrected chi connectivity index (χ1v) is 5.77. The third kappa shape index (κ3) is 2.37. The molecule has 0 fully saturated rings. The van der Waals surface area contributed by atoms with Crippen molar-refractivity contribution in [3.05, 3.63) is 56.5 Å². The molecule has 0 spiro atoms. The Bertz CT molecular complexity index is 788. The maximum absolute atomic E-state index is 12.8. The van der Waals surface area contributed by atoms with E-state index < -0.39 is 11.2 Å². The van der Waals surface area contributed by atoms with Crippen LogP contribution >= 0.6 is 0 Å². The van der Waals surface area contributed by atoms with Crippen molar-refractivity contribution in [1.29, 1.82) is 0 Å². The first-order chi connectivity index (χ1) is 9.41. The summed E-state index contributed by atoms with van der Waals surface area (Å²) in [5.41, 5.74) is 5.28. The number of aromatic nitrogens is 2. The van der Waals surface area contributed by atoms with Crippen LogP contribution in [-0.4, -0.2) is 15.3 Å². The summed E-state index contributed by atoms with van der Waals surface area (Å²) in [6.07, 6.45) is 1.27. The van der Waals surface area contributed by atoms with Gasteiger partial charge >= 0.3 is 5.69 Å². The molecule has 6 nitrogen and oxygen atoms in total. The molecule has 0 unspecified atom stereocenters. The lowest BCUT2D eigenvalue weighted by Crippen LogP contribution is -2.40. The number of nitrogen functional groups attached to an aromatic ring is 1. The van der Waals surface area contributed by atoms with E-state index in [0.717, 1.165) is 9.13 Å². The molecule has 1 aromatic heterocycles. The SMILES string of the molecule is Cn1c(N)c(C=Nc2ccc(F)cc2)c(=O)n(C)c1=O. The van der Waals surface area contributed by atoms with Crippen LogP contribution in [0.25, 0.3) is 0 Å². The van der Waals surface area contributed by atoms with Crippen LogP contribution in [0, 0.1) is 5.82 Å². The van der Waals surface area contributed by atoms with E-state index in [1.807, 2.05) is 0 Å². The monoisotopic (exact) mass is 276 g/mol. The molecule has 1 heterocycles. The highest BCUT2D eigenvalue weighted by Gasteiger charge is 2.10. The van der Waals surface area contributed by atoms with E-state index in [4.69, 9.17) is 5.73 Å². The van der Waals surface area contributed by atoms with Gasteiger partial charge in [-0.05, 0) is 24.3 Å². The zero-order valence-corrected chi connectivity index (χ0v) is 11.0. The first kappa shape index (κ1) is 13.7. The van der Waals surface area contributed by atoms with Crippen LogP contribution in [0.3, 0.4) is 0 Å². The molecule has 2 N–H and O–H groups in total. The molecule has 0 saturated carbocycles. The number of nitrogens with zero attached hydrogens (tertiary/aromatic N) is 3. The van der Waals surface area contributed by atoms with Gasteiger partial charge in [0.05, 0.1) is 11.3 Å². The van der Waals surface area contributed by atoms with Crippen LogP contribution in [0.4, 0.5) is 15.9 Å². The topological polar surface area (TPSA) is 82.4 Å². The van der Waals surface area contributed by atoms with Gasteiger partial charge in [-0.2, -0.15) is 0 Å². The van der Waals surface area contributed by atoms with Crippen molar-refractivity contribution in [3.8, 4) is 0 Å². The highest BCUT2D eigenvalue weighted by Crippen LogP contribution is 2.12. The first-order valence-electron chi connectivity index (χ1n) is 5.77. The van der Waals surface area contributed by atoms with E-state index >= 15 is 0 Å². The van der Waals surface area contributed by atoms with E-state index in [2.05, 4.69) is 4.99 Å². The lowest BCUT2D eigenvalue weighted by Gasteiger charge is -2.08. The molecular weight excluding hydrogens is 263 g/mol. The van der Waals surface area contributed by atoms with Crippen molar-refractivity contribution < 1.29 is 4.39 Å². The Hall–Kier alpha value is -2.70. The number of rotatable bonds is 2. The van der Waals surface area contributed by atoms with E-state index in [9.17, 15) is 14.0 Å². The van der Waals surface area contributed by atoms with Gasteiger partial charge in [-0.1, -0.05) is 0 Å². The Morgan fingerprint density at radius 1 is 1.15 bits per heavy atom. The Balaban J connectivity index is 2.52. The molecule has 104 valence electrons. The summed E-state index contributed by atoms with van der Waals surface area (Å²) < 4.78 is 14.9.